The highest BCUT2D eigenvalue weighted by Gasteiger charge is 2.14. The zero-order valence-corrected chi connectivity index (χ0v) is 8.32. The Morgan fingerprint density at radius 1 is 1.38 bits per heavy atom. The van der Waals surface area contributed by atoms with Crippen molar-refractivity contribution < 1.29 is 13.9 Å². The first-order chi connectivity index (χ1) is 7.66. The minimum Gasteiger partial charge on any atom is -0.388 e. The monoisotopic (exact) mass is 224 g/mol. The number of aliphatic hydroxyl groups excluding tert-OH is 1. The lowest BCUT2D eigenvalue weighted by Gasteiger charge is -2.10. The SMILES string of the molecule is OC(Cc1ncc[nH]1)c1ccc(F)cc1F. The van der Waals surface area contributed by atoms with Crippen LogP contribution in [0.4, 0.5) is 8.78 Å². The van der Waals surface area contributed by atoms with Crippen LogP contribution in [0, 0.1) is 11.6 Å². The summed E-state index contributed by atoms with van der Waals surface area (Å²) in [5, 5.41) is 9.74. The average Bonchev–Trinajstić information content (AvgIpc) is 2.70. The van der Waals surface area contributed by atoms with Crippen LogP contribution < -0.4 is 0 Å². The Labute approximate surface area is 90.8 Å². The Morgan fingerprint density at radius 2 is 2.19 bits per heavy atom. The lowest BCUT2D eigenvalue weighted by molar-refractivity contribution is 0.171. The number of halogens is 2. The Morgan fingerprint density at radius 3 is 2.81 bits per heavy atom. The number of hydrogen-bond donors (Lipinski definition) is 2. The van der Waals surface area contributed by atoms with E-state index in [0.29, 0.717) is 5.82 Å². The summed E-state index contributed by atoms with van der Waals surface area (Å²) in [6.07, 6.45) is 2.29. The Hall–Kier alpha value is -1.75. The molecule has 0 aliphatic rings. The fourth-order valence-electron chi connectivity index (χ4n) is 1.47. The fraction of sp³-hybridized carbons (Fsp3) is 0.182. The summed E-state index contributed by atoms with van der Waals surface area (Å²) in [5.41, 5.74) is 0.0674. The van der Waals surface area contributed by atoms with Crippen molar-refractivity contribution in [3.63, 3.8) is 0 Å². The molecule has 5 heteroatoms. The second-order valence-corrected chi connectivity index (χ2v) is 3.42. The highest BCUT2D eigenvalue weighted by Crippen LogP contribution is 2.20. The average molecular weight is 224 g/mol. The van der Waals surface area contributed by atoms with Crippen molar-refractivity contribution in [2.75, 3.05) is 0 Å². The Kier molecular flexibility index (Phi) is 2.96. The van der Waals surface area contributed by atoms with E-state index < -0.39 is 17.7 Å². The van der Waals surface area contributed by atoms with Gasteiger partial charge in [0.15, 0.2) is 0 Å². The van der Waals surface area contributed by atoms with Crippen LogP contribution in [-0.2, 0) is 6.42 Å². The number of aromatic nitrogens is 2. The van der Waals surface area contributed by atoms with Gasteiger partial charge in [-0.25, -0.2) is 13.8 Å². The van der Waals surface area contributed by atoms with E-state index in [0.717, 1.165) is 12.1 Å². The standard InChI is InChI=1S/C11H10F2N2O/c12-7-1-2-8(9(13)5-7)10(16)6-11-14-3-4-15-11/h1-5,10,16H,6H2,(H,14,15). The number of aliphatic hydroxyl groups is 1. The van der Waals surface area contributed by atoms with Crippen LogP contribution in [0.25, 0.3) is 0 Å². The minimum absolute atomic E-state index is 0.0674. The van der Waals surface area contributed by atoms with E-state index >= 15 is 0 Å². The number of rotatable bonds is 3. The molecule has 1 atom stereocenters. The van der Waals surface area contributed by atoms with Gasteiger partial charge < -0.3 is 10.1 Å². The third-order valence-corrected chi connectivity index (χ3v) is 2.26. The van der Waals surface area contributed by atoms with Crippen LogP contribution in [0.3, 0.4) is 0 Å². The molecule has 0 aliphatic carbocycles. The molecular formula is C11H10F2N2O. The molecule has 3 nitrogen and oxygen atoms in total. The molecule has 0 spiro atoms. The van der Waals surface area contributed by atoms with E-state index in [9.17, 15) is 13.9 Å². The van der Waals surface area contributed by atoms with E-state index in [2.05, 4.69) is 9.97 Å². The lowest BCUT2D eigenvalue weighted by atomic mass is 10.1. The number of benzene rings is 1. The smallest absolute Gasteiger partial charge is 0.131 e. The molecule has 1 aromatic carbocycles. The Balaban J connectivity index is 2.17. The Bertz CT molecular complexity index is 471. The number of imidazole rings is 1. The van der Waals surface area contributed by atoms with E-state index in [-0.39, 0.29) is 12.0 Å². The van der Waals surface area contributed by atoms with Crippen molar-refractivity contribution in [3.05, 3.63) is 53.6 Å². The van der Waals surface area contributed by atoms with Crippen LogP contribution in [0.5, 0.6) is 0 Å². The van der Waals surface area contributed by atoms with Crippen molar-refractivity contribution in [1.82, 2.24) is 9.97 Å². The number of hydrogen-bond acceptors (Lipinski definition) is 2. The molecule has 1 heterocycles. The molecule has 2 aromatic rings. The molecule has 2 N–H and O–H groups in total. The lowest BCUT2D eigenvalue weighted by Crippen LogP contribution is -2.05. The van der Waals surface area contributed by atoms with Crippen molar-refractivity contribution >= 4 is 0 Å². The number of aromatic amines is 1. The zero-order valence-electron chi connectivity index (χ0n) is 8.32. The molecule has 0 amide bonds. The molecule has 2 rings (SSSR count). The molecule has 0 bridgehead atoms. The predicted octanol–water partition coefficient (Wildman–Crippen LogP) is 1.96. The van der Waals surface area contributed by atoms with Gasteiger partial charge in [0.2, 0.25) is 0 Å². The van der Waals surface area contributed by atoms with Gasteiger partial charge in [-0.3, -0.25) is 0 Å². The van der Waals surface area contributed by atoms with Crippen molar-refractivity contribution in [3.8, 4) is 0 Å². The maximum atomic E-state index is 13.3. The third-order valence-electron chi connectivity index (χ3n) is 2.26. The van der Waals surface area contributed by atoms with Crippen LogP contribution in [0.15, 0.2) is 30.6 Å². The van der Waals surface area contributed by atoms with Gasteiger partial charge in [0.25, 0.3) is 0 Å². The zero-order chi connectivity index (χ0) is 11.5. The van der Waals surface area contributed by atoms with Gasteiger partial charge in [-0.2, -0.15) is 0 Å². The highest BCUT2D eigenvalue weighted by atomic mass is 19.1. The molecule has 0 saturated heterocycles. The molecule has 16 heavy (non-hydrogen) atoms. The van der Waals surface area contributed by atoms with Crippen LogP contribution in [-0.4, -0.2) is 15.1 Å². The van der Waals surface area contributed by atoms with E-state index in [4.69, 9.17) is 0 Å². The quantitative estimate of drug-likeness (QED) is 0.837. The maximum Gasteiger partial charge on any atom is 0.131 e. The molecule has 0 fully saturated rings. The van der Waals surface area contributed by atoms with Gasteiger partial charge in [-0.05, 0) is 6.07 Å². The first-order valence-electron chi connectivity index (χ1n) is 4.78. The van der Waals surface area contributed by atoms with E-state index in [1.807, 2.05) is 0 Å². The number of nitrogens with zero attached hydrogens (tertiary/aromatic N) is 1. The highest BCUT2D eigenvalue weighted by molar-refractivity contribution is 5.21. The minimum atomic E-state index is -1.04. The third kappa shape index (κ3) is 2.25. The molecule has 0 radical (unpaired) electrons. The van der Waals surface area contributed by atoms with Crippen LogP contribution >= 0.6 is 0 Å². The van der Waals surface area contributed by atoms with Crippen molar-refractivity contribution in [2.24, 2.45) is 0 Å². The topological polar surface area (TPSA) is 48.9 Å². The normalized spacial score (nSPS) is 12.7. The van der Waals surface area contributed by atoms with Gasteiger partial charge in [-0.1, -0.05) is 6.07 Å². The fourth-order valence-corrected chi connectivity index (χ4v) is 1.47. The molecule has 1 unspecified atom stereocenters. The summed E-state index contributed by atoms with van der Waals surface area (Å²) < 4.78 is 25.9. The predicted molar refractivity (Wildman–Crippen MR) is 53.6 cm³/mol. The first-order valence-corrected chi connectivity index (χ1v) is 4.78. The molecule has 0 aliphatic heterocycles. The summed E-state index contributed by atoms with van der Waals surface area (Å²) in [7, 11) is 0. The molecule has 0 saturated carbocycles. The first kappa shape index (κ1) is 10.8. The number of H-pyrrole nitrogens is 1. The van der Waals surface area contributed by atoms with Crippen LogP contribution in [0.2, 0.25) is 0 Å². The van der Waals surface area contributed by atoms with Gasteiger partial charge in [-0.15, -0.1) is 0 Å². The molecular weight excluding hydrogens is 214 g/mol. The van der Waals surface area contributed by atoms with Crippen LogP contribution in [0.1, 0.15) is 17.5 Å². The summed E-state index contributed by atoms with van der Waals surface area (Å²) in [6, 6.07) is 3.10. The molecule has 1 aromatic heterocycles. The summed E-state index contributed by atoms with van der Waals surface area (Å²) in [5.74, 6) is -0.860. The summed E-state index contributed by atoms with van der Waals surface area (Å²) in [4.78, 5) is 6.72. The maximum absolute atomic E-state index is 13.3. The van der Waals surface area contributed by atoms with Gasteiger partial charge in [0.05, 0.1) is 6.10 Å². The van der Waals surface area contributed by atoms with Gasteiger partial charge >= 0.3 is 0 Å². The van der Waals surface area contributed by atoms with Gasteiger partial charge in [0, 0.05) is 30.4 Å². The van der Waals surface area contributed by atoms with Crippen molar-refractivity contribution in [2.45, 2.75) is 12.5 Å². The molecule has 84 valence electrons. The van der Waals surface area contributed by atoms with E-state index in [1.54, 1.807) is 12.4 Å². The number of nitrogens with one attached hydrogen (secondary N) is 1. The second kappa shape index (κ2) is 4.40. The largest absolute Gasteiger partial charge is 0.388 e. The summed E-state index contributed by atoms with van der Waals surface area (Å²) in [6.45, 7) is 0. The van der Waals surface area contributed by atoms with Crippen molar-refractivity contribution in [1.29, 1.82) is 0 Å². The van der Waals surface area contributed by atoms with Gasteiger partial charge in [0.1, 0.15) is 17.5 Å². The van der Waals surface area contributed by atoms with E-state index in [1.165, 1.54) is 6.07 Å². The summed E-state index contributed by atoms with van der Waals surface area (Å²) >= 11 is 0. The second-order valence-electron chi connectivity index (χ2n) is 3.42.